The minimum absolute atomic E-state index is 0.204. The van der Waals surface area contributed by atoms with Crippen LogP contribution in [0.25, 0.3) is 0 Å². The van der Waals surface area contributed by atoms with Crippen molar-refractivity contribution in [1.29, 1.82) is 0 Å². The number of nitrogens with two attached hydrogens (primary N) is 1. The third kappa shape index (κ3) is 7.33. The Morgan fingerprint density at radius 1 is 1.40 bits per heavy atom. The van der Waals surface area contributed by atoms with E-state index in [9.17, 15) is 4.79 Å². The maximum atomic E-state index is 11.1. The van der Waals surface area contributed by atoms with E-state index in [0.717, 1.165) is 25.9 Å². The van der Waals surface area contributed by atoms with Gasteiger partial charge in [0.25, 0.3) is 0 Å². The predicted molar refractivity (Wildman–Crippen MR) is 63.7 cm³/mol. The Kier molecular flexibility index (Phi) is 7.34. The van der Waals surface area contributed by atoms with Gasteiger partial charge >= 0.3 is 0 Å². The summed E-state index contributed by atoms with van der Waals surface area (Å²) in [5, 5.41) is 3.18. The summed E-state index contributed by atoms with van der Waals surface area (Å²) >= 11 is 0. The summed E-state index contributed by atoms with van der Waals surface area (Å²) < 4.78 is 0. The highest BCUT2D eigenvalue weighted by Gasteiger charge is 2.16. The molecule has 1 unspecified atom stereocenters. The van der Waals surface area contributed by atoms with Crippen molar-refractivity contribution in [2.24, 2.45) is 5.73 Å². The molecule has 3 N–H and O–H groups in total. The van der Waals surface area contributed by atoms with Crippen LogP contribution in [-0.4, -0.2) is 43.0 Å². The van der Waals surface area contributed by atoms with Crippen molar-refractivity contribution in [2.45, 2.75) is 45.7 Å². The molecule has 0 fully saturated rings. The third-order valence-electron chi connectivity index (χ3n) is 2.28. The number of rotatable bonds is 8. The number of nitrogens with zero attached hydrogens (tertiary/aromatic N) is 1. The number of nitrogens with one attached hydrogen (secondary N) is 1. The van der Waals surface area contributed by atoms with Crippen LogP contribution in [0.5, 0.6) is 0 Å². The molecule has 0 aromatic carbocycles. The van der Waals surface area contributed by atoms with Crippen molar-refractivity contribution >= 4 is 5.91 Å². The fourth-order valence-corrected chi connectivity index (χ4v) is 1.55. The molecule has 0 aliphatic heterocycles. The van der Waals surface area contributed by atoms with Gasteiger partial charge < -0.3 is 16.0 Å². The second-order valence-electron chi connectivity index (χ2n) is 4.37. The monoisotopic (exact) mass is 215 g/mol. The van der Waals surface area contributed by atoms with Gasteiger partial charge in [-0.05, 0) is 33.0 Å². The van der Waals surface area contributed by atoms with Gasteiger partial charge in [-0.2, -0.15) is 0 Å². The Bertz CT molecular complexity index is 183. The topological polar surface area (TPSA) is 58.4 Å². The minimum Gasteiger partial charge on any atom is -0.368 e. The zero-order valence-electron chi connectivity index (χ0n) is 10.4. The smallest absolute Gasteiger partial charge is 0.234 e. The third-order valence-corrected chi connectivity index (χ3v) is 2.28. The molecular weight excluding hydrogens is 190 g/mol. The Hall–Kier alpha value is -0.610. The highest BCUT2D eigenvalue weighted by Crippen LogP contribution is 1.97. The van der Waals surface area contributed by atoms with Crippen LogP contribution in [0.2, 0.25) is 0 Å². The minimum atomic E-state index is -0.256. The van der Waals surface area contributed by atoms with Gasteiger partial charge in [-0.15, -0.1) is 0 Å². The normalized spacial score (nSPS) is 13.5. The first-order chi connectivity index (χ1) is 6.97. The van der Waals surface area contributed by atoms with Crippen molar-refractivity contribution in [3.8, 4) is 0 Å². The number of primary amides is 1. The first kappa shape index (κ1) is 14.4. The summed E-state index contributed by atoms with van der Waals surface area (Å²) in [7, 11) is 2.07. The first-order valence-corrected chi connectivity index (χ1v) is 5.71. The highest BCUT2D eigenvalue weighted by molar-refractivity contribution is 5.79. The number of carbonyl (C=O) groups excluding carboxylic acids is 1. The molecule has 0 spiro atoms. The maximum absolute atomic E-state index is 11.1. The van der Waals surface area contributed by atoms with Crippen molar-refractivity contribution < 1.29 is 4.79 Å². The van der Waals surface area contributed by atoms with Crippen LogP contribution in [0.3, 0.4) is 0 Å². The molecule has 0 aromatic heterocycles. The molecule has 90 valence electrons. The van der Waals surface area contributed by atoms with E-state index in [-0.39, 0.29) is 11.9 Å². The standard InChI is InChI=1S/C11H25N3O/c1-5-7-14(4)8-6-10(11(12)15)13-9(2)3/h9-10,13H,5-8H2,1-4H3,(H2,12,15). The van der Waals surface area contributed by atoms with E-state index >= 15 is 0 Å². The van der Waals surface area contributed by atoms with E-state index in [1.807, 2.05) is 13.8 Å². The van der Waals surface area contributed by atoms with E-state index in [0.29, 0.717) is 6.04 Å². The number of amides is 1. The molecule has 0 heterocycles. The van der Waals surface area contributed by atoms with Crippen LogP contribution in [-0.2, 0) is 4.79 Å². The summed E-state index contributed by atoms with van der Waals surface area (Å²) in [6.07, 6.45) is 1.92. The van der Waals surface area contributed by atoms with Crippen LogP contribution in [0, 0.1) is 0 Å². The van der Waals surface area contributed by atoms with Gasteiger partial charge in [0.1, 0.15) is 0 Å². The van der Waals surface area contributed by atoms with Gasteiger partial charge in [-0.3, -0.25) is 4.79 Å². The van der Waals surface area contributed by atoms with E-state index in [1.54, 1.807) is 0 Å². The lowest BCUT2D eigenvalue weighted by molar-refractivity contribution is -0.120. The van der Waals surface area contributed by atoms with E-state index in [2.05, 4.69) is 24.2 Å². The first-order valence-electron chi connectivity index (χ1n) is 5.71. The molecule has 4 nitrogen and oxygen atoms in total. The Morgan fingerprint density at radius 2 is 2.00 bits per heavy atom. The molecule has 0 aliphatic rings. The Balaban J connectivity index is 3.90. The second kappa shape index (κ2) is 7.65. The molecule has 1 atom stereocenters. The fourth-order valence-electron chi connectivity index (χ4n) is 1.55. The van der Waals surface area contributed by atoms with Crippen molar-refractivity contribution in [1.82, 2.24) is 10.2 Å². The largest absolute Gasteiger partial charge is 0.368 e. The average Bonchev–Trinajstić information content (AvgIpc) is 2.11. The summed E-state index contributed by atoms with van der Waals surface area (Å²) in [4.78, 5) is 13.4. The zero-order valence-corrected chi connectivity index (χ0v) is 10.4. The summed E-state index contributed by atoms with van der Waals surface area (Å²) in [5.41, 5.74) is 5.33. The Morgan fingerprint density at radius 3 is 2.40 bits per heavy atom. The fraction of sp³-hybridized carbons (Fsp3) is 0.909. The lowest BCUT2D eigenvalue weighted by Gasteiger charge is -2.21. The maximum Gasteiger partial charge on any atom is 0.234 e. The van der Waals surface area contributed by atoms with Gasteiger partial charge in [0.05, 0.1) is 6.04 Å². The van der Waals surface area contributed by atoms with Gasteiger partial charge in [0.15, 0.2) is 0 Å². The zero-order chi connectivity index (χ0) is 11.8. The highest BCUT2D eigenvalue weighted by atomic mass is 16.1. The van der Waals surface area contributed by atoms with Crippen LogP contribution in [0.1, 0.15) is 33.6 Å². The van der Waals surface area contributed by atoms with Gasteiger partial charge in [-0.1, -0.05) is 20.8 Å². The van der Waals surface area contributed by atoms with E-state index in [1.165, 1.54) is 0 Å². The molecule has 15 heavy (non-hydrogen) atoms. The number of hydrogen-bond donors (Lipinski definition) is 2. The van der Waals surface area contributed by atoms with Gasteiger partial charge in [0, 0.05) is 6.04 Å². The van der Waals surface area contributed by atoms with Crippen LogP contribution in [0.4, 0.5) is 0 Å². The van der Waals surface area contributed by atoms with Crippen molar-refractivity contribution in [3.63, 3.8) is 0 Å². The molecule has 0 bridgehead atoms. The molecule has 0 aliphatic carbocycles. The SMILES string of the molecule is CCCN(C)CCC(NC(C)C)C(N)=O. The van der Waals surface area contributed by atoms with Gasteiger partial charge in [-0.25, -0.2) is 0 Å². The van der Waals surface area contributed by atoms with Crippen molar-refractivity contribution in [3.05, 3.63) is 0 Å². The van der Waals surface area contributed by atoms with E-state index in [4.69, 9.17) is 5.73 Å². The molecule has 0 rings (SSSR count). The predicted octanol–water partition coefficient (Wildman–Crippen LogP) is 0.570. The second-order valence-corrected chi connectivity index (χ2v) is 4.37. The van der Waals surface area contributed by atoms with Crippen LogP contribution in [0.15, 0.2) is 0 Å². The number of carbonyl (C=O) groups is 1. The molecule has 1 amide bonds. The van der Waals surface area contributed by atoms with Gasteiger partial charge in [0.2, 0.25) is 5.91 Å². The average molecular weight is 215 g/mol. The summed E-state index contributed by atoms with van der Waals surface area (Å²) in [6, 6.07) is 0.0864. The molecule has 0 saturated heterocycles. The van der Waals surface area contributed by atoms with Crippen LogP contribution < -0.4 is 11.1 Å². The van der Waals surface area contributed by atoms with Crippen molar-refractivity contribution in [2.75, 3.05) is 20.1 Å². The van der Waals surface area contributed by atoms with Crippen LogP contribution >= 0.6 is 0 Å². The number of hydrogen-bond acceptors (Lipinski definition) is 3. The summed E-state index contributed by atoms with van der Waals surface area (Å²) in [6.45, 7) is 8.15. The molecule has 4 heteroatoms. The quantitative estimate of drug-likeness (QED) is 0.622. The molecule has 0 saturated carbocycles. The Labute approximate surface area is 93.2 Å². The lowest BCUT2D eigenvalue weighted by atomic mass is 10.1. The van der Waals surface area contributed by atoms with E-state index < -0.39 is 0 Å². The lowest BCUT2D eigenvalue weighted by Crippen LogP contribution is -2.46. The molecule has 0 radical (unpaired) electrons. The molecule has 0 aromatic rings. The summed E-state index contributed by atoms with van der Waals surface area (Å²) in [5.74, 6) is -0.256. The molecular formula is C11H25N3O.